The highest BCUT2D eigenvalue weighted by molar-refractivity contribution is 14.0. The lowest BCUT2D eigenvalue weighted by molar-refractivity contribution is -0.141. The summed E-state index contributed by atoms with van der Waals surface area (Å²) < 4.78 is 38.6. The molecule has 1 N–H and O–H groups in total. The number of amides is 1. The van der Waals surface area contributed by atoms with Crippen molar-refractivity contribution in [3.8, 4) is 0 Å². The molecule has 0 bridgehead atoms. The number of hydrogen-bond acceptors (Lipinski definition) is 3. The number of guanidine groups is 1. The Hall–Kier alpha value is -1.53. The summed E-state index contributed by atoms with van der Waals surface area (Å²) in [6, 6.07) is 0. The molecular weight excluding hydrogens is 452 g/mol. The zero-order valence-electron chi connectivity index (χ0n) is 14.1. The van der Waals surface area contributed by atoms with E-state index in [1.807, 2.05) is 4.90 Å². The normalized spacial score (nSPS) is 15.8. The van der Waals surface area contributed by atoms with Crippen molar-refractivity contribution in [1.29, 1.82) is 0 Å². The number of halogens is 4. The molecule has 11 heteroatoms. The molecule has 2 rings (SSSR count). The van der Waals surface area contributed by atoms with Crippen LogP contribution < -0.4 is 5.32 Å². The van der Waals surface area contributed by atoms with Crippen molar-refractivity contribution in [2.24, 2.45) is 4.99 Å². The van der Waals surface area contributed by atoms with E-state index in [9.17, 15) is 18.0 Å². The summed E-state index contributed by atoms with van der Waals surface area (Å²) >= 11 is 0. The van der Waals surface area contributed by atoms with Gasteiger partial charge in [0.15, 0.2) is 5.96 Å². The van der Waals surface area contributed by atoms with Crippen LogP contribution in [0.3, 0.4) is 0 Å². The Balaban J connectivity index is 0.00000312. The average Bonchev–Trinajstić information content (AvgIpc) is 2.93. The molecule has 0 aromatic carbocycles. The van der Waals surface area contributed by atoms with Gasteiger partial charge in [-0.15, -0.1) is 24.0 Å². The van der Waals surface area contributed by atoms with Crippen molar-refractivity contribution in [3.63, 3.8) is 0 Å². The number of piperazine rings is 1. The highest BCUT2D eigenvalue weighted by atomic mass is 127. The molecule has 1 fully saturated rings. The van der Waals surface area contributed by atoms with Crippen LogP contribution in [0.25, 0.3) is 0 Å². The number of carbonyl (C=O) groups is 1. The second-order valence-corrected chi connectivity index (χ2v) is 5.48. The fourth-order valence-electron chi connectivity index (χ4n) is 2.57. The van der Waals surface area contributed by atoms with Gasteiger partial charge in [0.2, 0.25) is 5.91 Å². The topological polar surface area (TPSA) is 65.8 Å². The minimum atomic E-state index is -4.29. The summed E-state index contributed by atoms with van der Waals surface area (Å²) in [6.07, 6.45) is -1.64. The smallest absolute Gasteiger partial charge is 0.349 e. The first-order valence-electron chi connectivity index (χ1n) is 7.58. The first-order chi connectivity index (χ1) is 11.3. The van der Waals surface area contributed by atoms with Gasteiger partial charge in [-0.05, 0) is 0 Å². The monoisotopic (exact) mass is 474 g/mol. The average molecular weight is 474 g/mol. The summed E-state index contributed by atoms with van der Waals surface area (Å²) in [5.41, 5.74) is 0. The first kappa shape index (κ1) is 21.5. The van der Waals surface area contributed by atoms with Crippen LogP contribution in [0, 0.1) is 0 Å². The molecule has 1 aliphatic heterocycles. The van der Waals surface area contributed by atoms with Crippen LogP contribution in [0.4, 0.5) is 13.2 Å². The molecule has 7 nitrogen and oxygen atoms in total. The van der Waals surface area contributed by atoms with E-state index < -0.39 is 12.7 Å². The molecule has 0 unspecified atom stereocenters. The predicted octanol–water partition coefficient (Wildman–Crippen LogP) is 1.30. The Morgan fingerprint density at radius 3 is 2.40 bits per heavy atom. The predicted molar refractivity (Wildman–Crippen MR) is 97.7 cm³/mol. The molecule has 142 valence electrons. The third kappa shape index (κ3) is 6.36. The summed E-state index contributed by atoms with van der Waals surface area (Å²) in [5, 5.41) is 3.03. The molecular formula is C14H22F3IN6O. The minimum Gasteiger partial charge on any atom is -0.349 e. The number of rotatable bonds is 3. The maximum absolute atomic E-state index is 12.5. The highest BCUT2D eigenvalue weighted by Gasteiger charge is 2.29. The molecule has 0 saturated carbocycles. The minimum absolute atomic E-state index is 0. The molecule has 0 spiro atoms. The fraction of sp³-hybridized carbons (Fsp3) is 0.643. The zero-order chi connectivity index (χ0) is 17.7. The number of aliphatic imine (C=N–C) groups is 1. The van der Waals surface area contributed by atoms with Crippen molar-refractivity contribution in [1.82, 2.24) is 24.7 Å². The van der Waals surface area contributed by atoms with E-state index in [-0.39, 0.29) is 42.3 Å². The standard InChI is InChI=1S/C14H21F3N6O.HI/c1-11(24)21-5-7-22(8-6-21)13(18-2)20-9-12-19-3-4-23(12)10-14(15,16)17;/h3-4H,5-10H2,1-2H3,(H,18,20);1H. The van der Waals surface area contributed by atoms with Gasteiger partial charge < -0.3 is 19.7 Å². The molecule has 1 aromatic rings. The second kappa shape index (κ2) is 9.25. The van der Waals surface area contributed by atoms with Crippen LogP contribution in [0.15, 0.2) is 17.4 Å². The quantitative estimate of drug-likeness (QED) is 0.408. The third-order valence-electron chi connectivity index (χ3n) is 3.79. The summed E-state index contributed by atoms with van der Waals surface area (Å²) in [7, 11) is 1.61. The van der Waals surface area contributed by atoms with Crippen molar-refractivity contribution in [2.75, 3.05) is 33.2 Å². The number of nitrogens with one attached hydrogen (secondary N) is 1. The molecule has 25 heavy (non-hydrogen) atoms. The molecule has 0 radical (unpaired) electrons. The van der Waals surface area contributed by atoms with Crippen molar-refractivity contribution in [3.05, 3.63) is 18.2 Å². The van der Waals surface area contributed by atoms with Crippen molar-refractivity contribution < 1.29 is 18.0 Å². The van der Waals surface area contributed by atoms with Gasteiger partial charge in [0.05, 0.1) is 6.54 Å². The number of imidazole rings is 1. The van der Waals surface area contributed by atoms with Crippen molar-refractivity contribution >= 4 is 35.8 Å². The maximum atomic E-state index is 12.5. The summed E-state index contributed by atoms with van der Waals surface area (Å²) in [6.45, 7) is 3.04. The molecule has 2 heterocycles. The van der Waals surface area contributed by atoms with Crippen LogP contribution in [0.5, 0.6) is 0 Å². The van der Waals surface area contributed by atoms with Gasteiger partial charge in [0.1, 0.15) is 12.4 Å². The maximum Gasteiger partial charge on any atom is 0.406 e. The van der Waals surface area contributed by atoms with Crippen molar-refractivity contribution in [2.45, 2.75) is 26.2 Å². The number of nitrogens with zero attached hydrogens (tertiary/aromatic N) is 5. The van der Waals surface area contributed by atoms with E-state index in [0.717, 1.165) is 4.57 Å². The third-order valence-corrected chi connectivity index (χ3v) is 3.79. The first-order valence-corrected chi connectivity index (χ1v) is 7.58. The zero-order valence-corrected chi connectivity index (χ0v) is 16.4. The summed E-state index contributed by atoms with van der Waals surface area (Å²) in [4.78, 5) is 23.2. The lowest BCUT2D eigenvalue weighted by Gasteiger charge is -2.36. The van der Waals surface area contributed by atoms with Crippen LogP contribution in [0.1, 0.15) is 12.7 Å². The molecule has 1 amide bonds. The molecule has 1 saturated heterocycles. The van der Waals surface area contributed by atoms with Crippen LogP contribution >= 0.6 is 24.0 Å². The Kier molecular flexibility index (Phi) is 7.96. The Labute approximate surface area is 161 Å². The van der Waals surface area contributed by atoms with Gasteiger partial charge in [-0.1, -0.05) is 0 Å². The number of alkyl halides is 3. The lowest BCUT2D eigenvalue weighted by atomic mass is 10.3. The van der Waals surface area contributed by atoms with E-state index in [2.05, 4.69) is 15.3 Å². The summed E-state index contributed by atoms with van der Waals surface area (Å²) in [5.74, 6) is 0.905. The molecule has 1 aliphatic rings. The Morgan fingerprint density at radius 2 is 1.88 bits per heavy atom. The van der Waals surface area contributed by atoms with E-state index >= 15 is 0 Å². The molecule has 1 aromatic heterocycles. The lowest BCUT2D eigenvalue weighted by Crippen LogP contribution is -2.53. The highest BCUT2D eigenvalue weighted by Crippen LogP contribution is 2.18. The van der Waals surface area contributed by atoms with Crippen LogP contribution in [-0.4, -0.2) is 70.6 Å². The van der Waals surface area contributed by atoms with E-state index in [1.54, 1.807) is 11.9 Å². The fourth-order valence-corrected chi connectivity index (χ4v) is 2.57. The van der Waals surface area contributed by atoms with Gasteiger partial charge in [0.25, 0.3) is 0 Å². The largest absolute Gasteiger partial charge is 0.406 e. The van der Waals surface area contributed by atoms with Gasteiger partial charge in [0, 0.05) is 52.5 Å². The van der Waals surface area contributed by atoms with Gasteiger partial charge in [-0.2, -0.15) is 13.2 Å². The van der Waals surface area contributed by atoms with Gasteiger partial charge in [-0.25, -0.2) is 4.98 Å². The van der Waals surface area contributed by atoms with E-state index in [0.29, 0.717) is 32.1 Å². The SMILES string of the molecule is CN=C(NCc1nccn1CC(F)(F)F)N1CCN(C(C)=O)CC1.I. The Bertz CT molecular complexity index is 596. The van der Waals surface area contributed by atoms with Crippen LogP contribution in [0.2, 0.25) is 0 Å². The van der Waals surface area contributed by atoms with Gasteiger partial charge >= 0.3 is 6.18 Å². The Morgan fingerprint density at radius 1 is 1.28 bits per heavy atom. The molecule has 0 aliphatic carbocycles. The van der Waals surface area contributed by atoms with Gasteiger partial charge in [-0.3, -0.25) is 9.79 Å². The second-order valence-electron chi connectivity index (χ2n) is 5.48. The number of carbonyl (C=O) groups excluding carboxylic acids is 1. The van der Waals surface area contributed by atoms with E-state index in [1.165, 1.54) is 19.3 Å². The molecule has 0 atom stereocenters. The van der Waals surface area contributed by atoms with Crippen LogP contribution in [-0.2, 0) is 17.9 Å². The number of hydrogen-bond donors (Lipinski definition) is 1. The van der Waals surface area contributed by atoms with E-state index in [4.69, 9.17) is 0 Å². The number of aromatic nitrogens is 2.